The first-order chi connectivity index (χ1) is 8.74. The van der Waals surface area contributed by atoms with E-state index in [-0.39, 0.29) is 11.9 Å². The number of fused-ring (bicyclic) bond motifs is 1. The minimum absolute atomic E-state index is 0.123. The zero-order valence-corrected chi connectivity index (χ0v) is 11.4. The Hall–Kier alpha value is -1.29. The average Bonchev–Trinajstić information content (AvgIpc) is 2.96. The van der Waals surface area contributed by atoms with Crippen molar-refractivity contribution in [2.24, 2.45) is 0 Å². The van der Waals surface area contributed by atoms with Crippen molar-refractivity contribution in [1.82, 2.24) is 5.32 Å². The van der Waals surface area contributed by atoms with Gasteiger partial charge in [-0.25, -0.2) is 0 Å². The van der Waals surface area contributed by atoms with Crippen LogP contribution in [0.15, 0.2) is 34.7 Å². The van der Waals surface area contributed by atoms with Crippen molar-refractivity contribution in [2.75, 3.05) is 0 Å². The molecule has 0 bridgehead atoms. The zero-order chi connectivity index (χ0) is 12.5. The molecule has 3 nitrogen and oxygen atoms in total. The van der Waals surface area contributed by atoms with Gasteiger partial charge in [0.1, 0.15) is 5.58 Å². The van der Waals surface area contributed by atoms with Crippen LogP contribution in [0.5, 0.6) is 0 Å². The van der Waals surface area contributed by atoms with Crippen molar-refractivity contribution in [3.8, 4) is 0 Å². The Morgan fingerprint density at radius 2 is 2.17 bits per heavy atom. The number of hydrogen-bond acceptors (Lipinski definition) is 2. The van der Waals surface area contributed by atoms with Gasteiger partial charge in [-0.05, 0) is 25.0 Å². The van der Waals surface area contributed by atoms with Crippen LogP contribution in [0.25, 0.3) is 11.0 Å². The summed E-state index contributed by atoms with van der Waals surface area (Å²) in [4.78, 5) is 12.5. The lowest BCUT2D eigenvalue weighted by Gasteiger charge is -2.14. The van der Waals surface area contributed by atoms with Gasteiger partial charge in [-0.2, -0.15) is 0 Å². The van der Waals surface area contributed by atoms with Crippen molar-refractivity contribution in [3.05, 3.63) is 36.1 Å². The maximum Gasteiger partial charge on any atom is 0.287 e. The summed E-state index contributed by atoms with van der Waals surface area (Å²) in [6.07, 6.45) is 3.30. The second-order valence-electron chi connectivity index (χ2n) is 4.68. The molecule has 1 N–H and O–H groups in total. The molecule has 1 heterocycles. The van der Waals surface area contributed by atoms with Crippen molar-refractivity contribution < 1.29 is 9.21 Å². The number of carbonyl (C=O) groups excluding carboxylic acids is 1. The van der Waals surface area contributed by atoms with Crippen LogP contribution >= 0.6 is 15.9 Å². The molecule has 0 aliphatic heterocycles. The second kappa shape index (κ2) is 4.76. The van der Waals surface area contributed by atoms with Crippen molar-refractivity contribution in [3.63, 3.8) is 0 Å². The largest absolute Gasteiger partial charge is 0.451 e. The Morgan fingerprint density at radius 3 is 2.89 bits per heavy atom. The molecule has 1 aliphatic carbocycles. The normalized spacial score (nSPS) is 23.4. The number of furan rings is 1. The third-order valence-electron chi connectivity index (χ3n) is 3.40. The Labute approximate surface area is 114 Å². The molecule has 4 heteroatoms. The van der Waals surface area contributed by atoms with Crippen LogP contribution < -0.4 is 5.32 Å². The molecular weight excluding hydrogens is 294 g/mol. The van der Waals surface area contributed by atoms with Gasteiger partial charge in [-0.3, -0.25) is 4.79 Å². The second-order valence-corrected chi connectivity index (χ2v) is 5.85. The molecule has 1 aromatic heterocycles. The Morgan fingerprint density at radius 1 is 1.33 bits per heavy atom. The summed E-state index contributed by atoms with van der Waals surface area (Å²) in [5.41, 5.74) is 0.754. The quantitative estimate of drug-likeness (QED) is 0.863. The van der Waals surface area contributed by atoms with Gasteiger partial charge in [0.05, 0.1) is 0 Å². The maximum atomic E-state index is 12.1. The summed E-state index contributed by atoms with van der Waals surface area (Å²) in [5, 5.41) is 3.99. The van der Waals surface area contributed by atoms with E-state index in [0.717, 1.165) is 30.2 Å². The number of hydrogen-bond donors (Lipinski definition) is 1. The van der Waals surface area contributed by atoms with Crippen LogP contribution in [0, 0.1) is 0 Å². The highest BCUT2D eigenvalue weighted by atomic mass is 79.9. The fourth-order valence-electron chi connectivity index (χ4n) is 2.41. The van der Waals surface area contributed by atoms with Gasteiger partial charge in [0.15, 0.2) is 5.76 Å². The first-order valence-electron chi connectivity index (χ1n) is 6.17. The third kappa shape index (κ3) is 2.17. The lowest BCUT2D eigenvalue weighted by molar-refractivity contribution is 0.0913. The van der Waals surface area contributed by atoms with Crippen LogP contribution in [0.1, 0.15) is 29.8 Å². The smallest absolute Gasteiger partial charge is 0.287 e. The number of amides is 1. The van der Waals surface area contributed by atoms with E-state index in [4.69, 9.17) is 4.42 Å². The highest BCUT2D eigenvalue weighted by molar-refractivity contribution is 9.09. The first-order valence-corrected chi connectivity index (χ1v) is 7.09. The number of rotatable bonds is 2. The number of alkyl halides is 1. The summed E-state index contributed by atoms with van der Waals surface area (Å²) in [6.45, 7) is 0. The minimum Gasteiger partial charge on any atom is -0.451 e. The fraction of sp³-hybridized carbons (Fsp3) is 0.357. The lowest BCUT2D eigenvalue weighted by atomic mass is 10.2. The van der Waals surface area contributed by atoms with Gasteiger partial charge in [-0.15, -0.1) is 0 Å². The summed E-state index contributed by atoms with van der Waals surface area (Å²) in [5.74, 6) is 0.269. The summed E-state index contributed by atoms with van der Waals surface area (Å²) < 4.78 is 5.55. The Kier molecular flexibility index (Phi) is 3.12. The van der Waals surface area contributed by atoms with E-state index in [1.807, 2.05) is 24.3 Å². The fourth-order valence-corrected chi connectivity index (χ4v) is 3.13. The lowest BCUT2D eigenvalue weighted by Crippen LogP contribution is -2.37. The molecule has 1 aliphatic rings. The summed E-state index contributed by atoms with van der Waals surface area (Å²) in [7, 11) is 0. The molecule has 18 heavy (non-hydrogen) atoms. The van der Waals surface area contributed by atoms with Gasteiger partial charge < -0.3 is 9.73 Å². The maximum absolute atomic E-state index is 12.1. The standard InChI is InChI=1S/C14H14BrNO2/c15-10-5-3-6-11(10)16-14(17)13-8-9-4-1-2-7-12(9)18-13/h1-2,4,7-8,10-11H,3,5-6H2,(H,16,17). The van der Waals surface area contributed by atoms with E-state index in [0.29, 0.717) is 10.6 Å². The minimum atomic E-state index is -0.123. The van der Waals surface area contributed by atoms with E-state index in [1.54, 1.807) is 6.07 Å². The summed E-state index contributed by atoms with van der Waals surface area (Å²) in [6, 6.07) is 9.66. The van der Waals surface area contributed by atoms with Gasteiger partial charge in [0.2, 0.25) is 0 Å². The molecule has 2 unspecified atom stereocenters. The van der Waals surface area contributed by atoms with E-state index >= 15 is 0 Å². The average molecular weight is 308 g/mol. The number of halogens is 1. The molecule has 94 valence electrons. The predicted octanol–water partition coefficient (Wildman–Crippen LogP) is 3.48. The predicted molar refractivity (Wildman–Crippen MR) is 74.0 cm³/mol. The topological polar surface area (TPSA) is 42.2 Å². The van der Waals surface area contributed by atoms with Crippen LogP contribution in [0.4, 0.5) is 0 Å². The molecule has 0 radical (unpaired) electrons. The molecule has 1 aromatic carbocycles. The molecule has 1 fully saturated rings. The van der Waals surface area contributed by atoms with E-state index in [2.05, 4.69) is 21.2 Å². The van der Waals surface area contributed by atoms with E-state index in [1.165, 1.54) is 0 Å². The molecule has 0 saturated heterocycles. The number of benzene rings is 1. The van der Waals surface area contributed by atoms with Crippen LogP contribution in [-0.4, -0.2) is 16.8 Å². The number of carbonyl (C=O) groups is 1. The van der Waals surface area contributed by atoms with E-state index in [9.17, 15) is 4.79 Å². The zero-order valence-electron chi connectivity index (χ0n) is 9.86. The Bertz CT molecular complexity index is 545. The highest BCUT2D eigenvalue weighted by Crippen LogP contribution is 2.26. The molecular formula is C14H14BrNO2. The third-order valence-corrected chi connectivity index (χ3v) is 4.49. The molecule has 1 amide bonds. The number of nitrogens with one attached hydrogen (secondary N) is 1. The van der Waals surface area contributed by atoms with Crippen molar-refractivity contribution >= 4 is 32.8 Å². The molecule has 1 saturated carbocycles. The monoisotopic (exact) mass is 307 g/mol. The highest BCUT2D eigenvalue weighted by Gasteiger charge is 2.27. The van der Waals surface area contributed by atoms with E-state index < -0.39 is 0 Å². The van der Waals surface area contributed by atoms with Gasteiger partial charge >= 0.3 is 0 Å². The van der Waals surface area contributed by atoms with Gasteiger partial charge in [0.25, 0.3) is 5.91 Å². The van der Waals surface area contributed by atoms with Gasteiger partial charge in [-0.1, -0.05) is 40.5 Å². The SMILES string of the molecule is O=C(NC1CCCC1Br)c1cc2ccccc2o1. The van der Waals surface area contributed by atoms with Crippen molar-refractivity contribution in [2.45, 2.75) is 30.1 Å². The summed E-state index contributed by atoms with van der Waals surface area (Å²) >= 11 is 3.60. The molecule has 2 atom stereocenters. The van der Waals surface area contributed by atoms with Gasteiger partial charge in [0, 0.05) is 16.3 Å². The molecule has 0 spiro atoms. The van der Waals surface area contributed by atoms with Crippen LogP contribution in [-0.2, 0) is 0 Å². The molecule has 2 aromatic rings. The van der Waals surface area contributed by atoms with Crippen molar-refractivity contribution in [1.29, 1.82) is 0 Å². The first kappa shape index (κ1) is 11.8. The van der Waals surface area contributed by atoms with Crippen LogP contribution in [0.2, 0.25) is 0 Å². The van der Waals surface area contributed by atoms with Crippen LogP contribution in [0.3, 0.4) is 0 Å². The Balaban J connectivity index is 1.79. The molecule has 3 rings (SSSR count). The number of para-hydroxylation sites is 1.